The number of aliphatic hydroxyl groups is 3. The molecule has 1 spiro atoms. The van der Waals surface area contributed by atoms with E-state index < -0.39 is 76.5 Å². The number of likely N-dealkylation sites (tertiary alicyclic amines) is 1. The van der Waals surface area contributed by atoms with Crippen molar-refractivity contribution < 1.29 is 53.3 Å². The second-order valence-electron chi connectivity index (χ2n) is 14.4. The minimum absolute atomic E-state index is 0.172. The topological polar surface area (TPSA) is 146 Å². The molecule has 3 N–H and O–H groups in total. The summed E-state index contributed by atoms with van der Waals surface area (Å²) in [6, 6.07) is 6.43. The number of piperidine rings is 1. The predicted octanol–water partition coefficient (Wildman–Crippen LogP) is 0.740. The van der Waals surface area contributed by atoms with E-state index in [-0.39, 0.29) is 24.3 Å². The van der Waals surface area contributed by atoms with Crippen LogP contribution in [0.25, 0.3) is 0 Å². The highest BCUT2D eigenvalue weighted by Crippen LogP contribution is 2.80. The largest absolute Gasteiger partial charge is 0.497 e. The van der Waals surface area contributed by atoms with E-state index in [1.165, 1.54) is 7.11 Å². The second-order valence-corrected chi connectivity index (χ2v) is 14.4. The molecule has 12 nitrogen and oxygen atoms in total. The van der Waals surface area contributed by atoms with Gasteiger partial charge in [-0.15, -0.1) is 0 Å². The summed E-state index contributed by atoms with van der Waals surface area (Å²) in [5.41, 5.74) is -4.16. The third-order valence-corrected chi connectivity index (χ3v) is 13.5. The molecule has 0 aromatic heterocycles. The Labute approximate surface area is 270 Å². The number of fused-ring (bicyclic) bond motifs is 2. The summed E-state index contributed by atoms with van der Waals surface area (Å²) in [5.74, 6) is -1.73. The molecule has 7 bridgehead atoms. The molecule has 6 aliphatic rings. The Morgan fingerprint density at radius 2 is 1.70 bits per heavy atom. The molecule has 46 heavy (non-hydrogen) atoms. The van der Waals surface area contributed by atoms with Crippen molar-refractivity contribution in [2.45, 2.75) is 73.6 Å². The summed E-state index contributed by atoms with van der Waals surface area (Å²) in [5, 5.41) is 37.2. The van der Waals surface area contributed by atoms with E-state index in [1.807, 2.05) is 0 Å². The Morgan fingerprint density at radius 1 is 0.978 bits per heavy atom. The molecule has 0 radical (unpaired) electrons. The molecule has 0 unspecified atom stereocenters. The van der Waals surface area contributed by atoms with E-state index >= 15 is 0 Å². The van der Waals surface area contributed by atoms with Gasteiger partial charge in [0.05, 0.1) is 37.6 Å². The molecule has 15 atom stereocenters. The highest BCUT2D eigenvalue weighted by Gasteiger charge is 2.91. The van der Waals surface area contributed by atoms with E-state index in [9.17, 15) is 20.1 Å². The number of carbonyl (C=O) groups is 1. The van der Waals surface area contributed by atoms with Crippen LogP contribution in [-0.4, -0.2) is 142 Å². The van der Waals surface area contributed by atoms with Crippen LogP contribution in [0.15, 0.2) is 24.3 Å². The first-order valence-corrected chi connectivity index (χ1v) is 16.4. The molecular formula is C34H49NO11. The van der Waals surface area contributed by atoms with E-state index in [1.54, 1.807) is 59.8 Å². The molecule has 1 heterocycles. The number of esters is 1. The fourth-order valence-corrected chi connectivity index (χ4v) is 12.4. The van der Waals surface area contributed by atoms with Gasteiger partial charge in [-0.3, -0.25) is 4.90 Å². The van der Waals surface area contributed by atoms with E-state index in [2.05, 4.69) is 11.8 Å². The molecule has 1 aliphatic heterocycles. The van der Waals surface area contributed by atoms with Gasteiger partial charge in [0, 0.05) is 83.1 Å². The summed E-state index contributed by atoms with van der Waals surface area (Å²) in [7, 11) is 9.61. The van der Waals surface area contributed by atoms with Crippen molar-refractivity contribution in [2.75, 3.05) is 62.4 Å². The van der Waals surface area contributed by atoms with Crippen LogP contribution in [0.1, 0.15) is 30.1 Å². The molecule has 6 fully saturated rings. The van der Waals surface area contributed by atoms with Crippen LogP contribution in [0.4, 0.5) is 0 Å². The Morgan fingerprint density at radius 3 is 2.26 bits per heavy atom. The van der Waals surface area contributed by atoms with Crippen molar-refractivity contribution in [3.05, 3.63) is 29.8 Å². The van der Waals surface area contributed by atoms with Gasteiger partial charge in [0.1, 0.15) is 35.3 Å². The monoisotopic (exact) mass is 647 g/mol. The average molecular weight is 648 g/mol. The summed E-state index contributed by atoms with van der Waals surface area (Å²) in [6.07, 6.45) is -4.57. The van der Waals surface area contributed by atoms with Crippen LogP contribution in [0.3, 0.4) is 0 Å². The Hall–Kier alpha value is -1.87. The van der Waals surface area contributed by atoms with Crippen molar-refractivity contribution in [2.24, 2.45) is 34.5 Å². The Kier molecular flexibility index (Phi) is 7.87. The molecule has 256 valence electrons. The number of hydrogen-bond donors (Lipinski definition) is 3. The van der Waals surface area contributed by atoms with Gasteiger partial charge in [0.15, 0.2) is 0 Å². The van der Waals surface area contributed by atoms with Gasteiger partial charge in [-0.2, -0.15) is 0 Å². The molecule has 7 rings (SSSR count). The third-order valence-electron chi connectivity index (χ3n) is 13.5. The SMILES string of the molecule is CCN1C[C@]2(COC)[C@H](O)C[C@H](OC)[C@@]34[C@@H]5C[C@@]6(O)[C@H](OC(=O)c7ccc(OC)cc7)[C@@H]5[C@@](OC)([C@@H]([C@H](OC)[C@H]23)[C@@H]14)[C@@H](O)[C@@H]6OC. The van der Waals surface area contributed by atoms with Crippen molar-refractivity contribution in [3.8, 4) is 5.75 Å². The van der Waals surface area contributed by atoms with Crippen molar-refractivity contribution in [3.63, 3.8) is 0 Å². The molecular weight excluding hydrogens is 598 g/mol. The third kappa shape index (κ3) is 3.58. The van der Waals surface area contributed by atoms with E-state index in [0.29, 0.717) is 37.4 Å². The van der Waals surface area contributed by atoms with Crippen molar-refractivity contribution >= 4 is 5.97 Å². The lowest BCUT2D eigenvalue weighted by Gasteiger charge is -2.70. The second kappa shape index (κ2) is 11.1. The van der Waals surface area contributed by atoms with E-state index in [0.717, 1.165) is 0 Å². The zero-order chi connectivity index (χ0) is 33.0. The molecule has 5 aliphatic carbocycles. The van der Waals surface area contributed by atoms with Crippen molar-refractivity contribution in [1.82, 2.24) is 4.90 Å². The molecule has 1 saturated heterocycles. The zero-order valence-electron chi connectivity index (χ0n) is 27.8. The smallest absolute Gasteiger partial charge is 0.338 e. The lowest BCUT2D eigenvalue weighted by molar-refractivity contribution is -0.325. The number of rotatable bonds is 10. The summed E-state index contributed by atoms with van der Waals surface area (Å²) >= 11 is 0. The highest BCUT2D eigenvalue weighted by atomic mass is 16.6. The van der Waals surface area contributed by atoms with Gasteiger partial charge in [-0.05, 0) is 43.1 Å². The standard InChI is InChI=1S/C34H49NO11/c1-8-35-15-31(16-40-2)20(36)13-21(42-4)33-19-14-32(39)28(46-30(38)17-9-11-18(41-3)12-10-17)22(19)34(45-7,27(37)29(32)44-6)23(26(33)35)24(43-5)25(31)33/h9-12,19-29,36-37,39H,8,13-16H2,1-7H3/t19-,20-,21+,22-,23+,24+,25-,26-,27+,28-,29+,31+,32-,33+,34-/m1/s1. The molecule has 1 aromatic carbocycles. The summed E-state index contributed by atoms with van der Waals surface area (Å²) < 4.78 is 43.0. The number of hydrogen-bond acceptors (Lipinski definition) is 12. The van der Waals surface area contributed by atoms with Crippen molar-refractivity contribution in [1.29, 1.82) is 0 Å². The number of methoxy groups -OCH3 is 6. The van der Waals surface area contributed by atoms with Gasteiger partial charge in [0.25, 0.3) is 0 Å². The van der Waals surface area contributed by atoms with Gasteiger partial charge in [0.2, 0.25) is 0 Å². The quantitative estimate of drug-likeness (QED) is 0.308. The van der Waals surface area contributed by atoms with Gasteiger partial charge < -0.3 is 48.5 Å². The maximum atomic E-state index is 13.8. The molecule has 5 saturated carbocycles. The fourth-order valence-electron chi connectivity index (χ4n) is 12.4. The normalized spacial score (nSPS) is 50.0. The lowest BCUT2D eigenvalue weighted by Crippen LogP contribution is -2.81. The maximum Gasteiger partial charge on any atom is 0.338 e. The van der Waals surface area contributed by atoms with Gasteiger partial charge in [-0.1, -0.05) is 6.92 Å². The zero-order valence-corrected chi connectivity index (χ0v) is 27.8. The van der Waals surface area contributed by atoms with Gasteiger partial charge >= 0.3 is 5.97 Å². The van der Waals surface area contributed by atoms with Crippen LogP contribution < -0.4 is 4.74 Å². The minimum atomic E-state index is -1.74. The first-order chi connectivity index (χ1) is 22.1. The van der Waals surface area contributed by atoms with Crippen LogP contribution in [0.2, 0.25) is 0 Å². The predicted molar refractivity (Wildman–Crippen MR) is 162 cm³/mol. The highest BCUT2D eigenvalue weighted by molar-refractivity contribution is 5.89. The maximum absolute atomic E-state index is 13.8. The van der Waals surface area contributed by atoms with Crippen LogP contribution in [0.5, 0.6) is 5.75 Å². The number of carbonyl (C=O) groups excluding carboxylic acids is 1. The average Bonchev–Trinajstić information content (AvgIpc) is 3.43. The summed E-state index contributed by atoms with van der Waals surface area (Å²) in [4.78, 5) is 16.2. The Balaban J connectivity index is 1.47. The van der Waals surface area contributed by atoms with E-state index in [4.69, 9.17) is 33.2 Å². The van der Waals surface area contributed by atoms with Crippen LogP contribution in [0, 0.1) is 34.5 Å². The fraction of sp³-hybridized carbons (Fsp3) is 0.794. The lowest BCUT2D eigenvalue weighted by atomic mass is 9.42. The number of ether oxygens (including phenoxy) is 7. The van der Waals surface area contributed by atoms with Gasteiger partial charge in [-0.25, -0.2) is 4.79 Å². The first-order valence-electron chi connectivity index (χ1n) is 16.4. The van der Waals surface area contributed by atoms with Crippen LogP contribution >= 0.6 is 0 Å². The number of benzene rings is 1. The number of nitrogens with zero attached hydrogens (tertiary/aromatic N) is 1. The minimum Gasteiger partial charge on any atom is -0.497 e. The van der Waals surface area contributed by atoms with Crippen LogP contribution in [-0.2, 0) is 28.4 Å². The number of aliphatic hydroxyl groups excluding tert-OH is 2. The Bertz CT molecular complexity index is 1330. The molecule has 0 amide bonds. The summed E-state index contributed by atoms with van der Waals surface area (Å²) in [6.45, 7) is 3.64. The molecule has 12 heteroatoms. The first kappa shape index (κ1) is 32.7. The molecule has 1 aromatic rings.